The zero-order valence-electron chi connectivity index (χ0n) is 17.4. The number of likely N-dealkylation sites (tertiary alicyclic amines) is 1. The van der Waals surface area contributed by atoms with Gasteiger partial charge in [0.15, 0.2) is 5.82 Å². The van der Waals surface area contributed by atoms with Crippen molar-refractivity contribution in [1.29, 1.82) is 0 Å². The molecule has 1 amide bonds. The maximum atomic E-state index is 13.2. The average Bonchev–Trinajstić information content (AvgIpc) is 2.80. The van der Waals surface area contributed by atoms with Crippen molar-refractivity contribution in [2.45, 2.75) is 32.1 Å². The third kappa shape index (κ3) is 5.33. The highest BCUT2D eigenvalue weighted by Crippen LogP contribution is 2.24. The molecule has 0 unspecified atom stereocenters. The molecule has 0 bridgehead atoms. The van der Waals surface area contributed by atoms with E-state index in [2.05, 4.69) is 25.1 Å². The molecule has 2 saturated heterocycles. The van der Waals surface area contributed by atoms with Gasteiger partial charge < -0.3 is 15.1 Å². The first-order valence-electron chi connectivity index (χ1n) is 11.0. The van der Waals surface area contributed by atoms with Gasteiger partial charge in [-0.15, -0.1) is 0 Å². The minimum Gasteiger partial charge on any atom is -0.356 e. The van der Waals surface area contributed by atoms with Crippen molar-refractivity contribution in [3.63, 3.8) is 0 Å². The minimum absolute atomic E-state index is 0.0238. The van der Waals surface area contributed by atoms with Gasteiger partial charge in [-0.3, -0.25) is 4.79 Å². The van der Waals surface area contributed by atoms with Gasteiger partial charge in [0, 0.05) is 37.9 Å². The number of piperidine rings is 2. The van der Waals surface area contributed by atoms with Crippen LogP contribution < -0.4 is 10.2 Å². The monoisotopic (exact) mass is 411 g/mol. The molecule has 160 valence electrons. The molecule has 0 radical (unpaired) electrons. The van der Waals surface area contributed by atoms with E-state index in [0.29, 0.717) is 12.4 Å². The lowest BCUT2D eigenvalue weighted by Crippen LogP contribution is -2.45. The van der Waals surface area contributed by atoms with Gasteiger partial charge in [0.1, 0.15) is 11.6 Å². The largest absolute Gasteiger partial charge is 0.356 e. The molecule has 7 heteroatoms. The third-order valence-electron chi connectivity index (χ3n) is 6.04. The van der Waals surface area contributed by atoms with Crippen LogP contribution in [0, 0.1) is 11.7 Å². The Morgan fingerprint density at radius 1 is 1.07 bits per heavy atom. The molecule has 1 aromatic carbocycles. The van der Waals surface area contributed by atoms with Gasteiger partial charge in [-0.05, 0) is 69.1 Å². The third-order valence-corrected chi connectivity index (χ3v) is 6.04. The van der Waals surface area contributed by atoms with E-state index < -0.39 is 0 Å². The number of carbonyl (C=O) groups is 1. The minimum atomic E-state index is -0.278. The maximum absolute atomic E-state index is 13.2. The predicted octanol–water partition coefficient (Wildman–Crippen LogP) is 3.10. The van der Waals surface area contributed by atoms with Crippen molar-refractivity contribution in [1.82, 2.24) is 20.2 Å². The molecule has 2 aliphatic rings. The molecule has 0 saturated carbocycles. The van der Waals surface area contributed by atoms with Gasteiger partial charge in [-0.1, -0.05) is 6.42 Å². The summed E-state index contributed by atoms with van der Waals surface area (Å²) in [6.45, 7) is 5.49. The fourth-order valence-electron chi connectivity index (χ4n) is 4.33. The molecule has 30 heavy (non-hydrogen) atoms. The van der Waals surface area contributed by atoms with E-state index in [1.807, 2.05) is 6.07 Å². The Kier molecular flexibility index (Phi) is 6.89. The van der Waals surface area contributed by atoms with Crippen LogP contribution in [0.3, 0.4) is 0 Å². The molecular weight excluding hydrogens is 381 g/mol. The van der Waals surface area contributed by atoms with Crippen molar-refractivity contribution in [2.24, 2.45) is 5.92 Å². The number of hydrogen-bond donors (Lipinski definition) is 1. The summed E-state index contributed by atoms with van der Waals surface area (Å²) < 4.78 is 13.2. The van der Waals surface area contributed by atoms with E-state index in [1.165, 1.54) is 31.4 Å². The van der Waals surface area contributed by atoms with E-state index in [1.54, 1.807) is 18.3 Å². The van der Waals surface area contributed by atoms with Crippen LogP contribution in [-0.2, 0) is 4.79 Å². The smallest absolute Gasteiger partial charge is 0.224 e. The summed E-state index contributed by atoms with van der Waals surface area (Å²) in [5.74, 6) is 1.23. The van der Waals surface area contributed by atoms with Crippen LogP contribution in [0.5, 0.6) is 0 Å². The van der Waals surface area contributed by atoms with Gasteiger partial charge >= 0.3 is 0 Å². The van der Waals surface area contributed by atoms with E-state index in [-0.39, 0.29) is 17.6 Å². The number of carbonyl (C=O) groups excluding carboxylic acids is 1. The number of aromatic nitrogens is 2. The number of rotatable bonds is 6. The number of anilines is 1. The summed E-state index contributed by atoms with van der Waals surface area (Å²) in [5.41, 5.74) is 0.780. The number of hydrogen-bond acceptors (Lipinski definition) is 5. The van der Waals surface area contributed by atoms with Crippen LogP contribution in [0.2, 0.25) is 0 Å². The predicted molar refractivity (Wildman–Crippen MR) is 116 cm³/mol. The van der Waals surface area contributed by atoms with Crippen molar-refractivity contribution < 1.29 is 9.18 Å². The number of benzene rings is 1. The Hall–Kier alpha value is -2.54. The number of amides is 1. The van der Waals surface area contributed by atoms with Crippen LogP contribution in [0.4, 0.5) is 10.2 Å². The summed E-state index contributed by atoms with van der Waals surface area (Å²) in [6, 6.07) is 8.07. The molecule has 1 aromatic heterocycles. The molecule has 1 atom stereocenters. The van der Waals surface area contributed by atoms with Crippen molar-refractivity contribution in [2.75, 3.05) is 44.2 Å². The SMILES string of the molecule is O=C(NCCN1CCCCC1)[C@H]1CCCN(c2ccnc(-c3ccc(F)cc3)n2)C1. The summed E-state index contributed by atoms with van der Waals surface area (Å²) in [6.07, 6.45) is 7.45. The topological polar surface area (TPSA) is 61.4 Å². The zero-order valence-corrected chi connectivity index (χ0v) is 17.4. The second kappa shape index (κ2) is 9.98. The summed E-state index contributed by atoms with van der Waals surface area (Å²) in [7, 11) is 0. The molecule has 1 N–H and O–H groups in total. The first-order chi connectivity index (χ1) is 14.7. The molecule has 6 nitrogen and oxygen atoms in total. The van der Waals surface area contributed by atoms with Crippen LogP contribution in [0.25, 0.3) is 11.4 Å². The van der Waals surface area contributed by atoms with Crippen LogP contribution in [0.1, 0.15) is 32.1 Å². The Morgan fingerprint density at radius 3 is 2.67 bits per heavy atom. The molecule has 2 aliphatic heterocycles. The lowest BCUT2D eigenvalue weighted by atomic mass is 9.97. The van der Waals surface area contributed by atoms with Crippen LogP contribution >= 0.6 is 0 Å². The summed E-state index contributed by atoms with van der Waals surface area (Å²) in [4.78, 5) is 26.3. The number of nitrogens with one attached hydrogen (secondary N) is 1. The standard InChI is InChI=1S/C23H30FN5O/c24-20-8-6-18(7-9-20)22-25-11-10-21(27-22)29-15-4-5-19(17-29)23(30)26-12-16-28-13-2-1-3-14-28/h6-11,19H,1-5,12-17H2,(H,26,30)/t19-/m0/s1. The van der Waals surface area contributed by atoms with E-state index in [4.69, 9.17) is 0 Å². The second-order valence-electron chi connectivity index (χ2n) is 8.22. The molecular formula is C23H30FN5O. The molecule has 0 spiro atoms. The lowest BCUT2D eigenvalue weighted by molar-refractivity contribution is -0.125. The fourth-order valence-corrected chi connectivity index (χ4v) is 4.33. The molecule has 0 aliphatic carbocycles. The quantitative estimate of drug-likeness (QED) is 0.792. The van der Waals surface area contributed by atoms with Crippen molar-refractivity contribution >= 4 is 11.7 Å². The molecule has 2 fully saturated rings. The highest BCUT2D eigenvalue weighted by Gasteiger charge is 2.26. The Morgan fingerprint density at radius 2 is 1.87 bits per heavy atom. The highest BCUT2D eigenvalue weighted by molar-refractivity contribution is 5.79. The molecule has 2 aromatic rings. The van der Waals surface area contributed by atoms with Crippen molar-refractivity contribution in [3.05, 3.63) is 42.3 Å². The first-order valence-corrected chi connectivity index (χ1v) is 11.0. The van der Waals surface area contributed by atoms with Crippen molar-refractivity contribution in [3.8, 4) is 11.4 Å². The normalized spacial score (nSPS) is 20.2. The van der Waals surface area contributed by atoms with E-state index in [9.17, 15) is 9.18 Å². The maximum Gasteiger partial charge on any atom is 0.224 e. The second-order valence-corrected chi connectivity index (χ2v) is 8.22. The highest BCUT2D eigenvalue weighted by atomic mass is 19.1. The van der Waals surface area contributed by atoms with Gasteiger partial charge in [0.25, 0.3) is 0 Å². The summed E-state index contributed by atoms with van der Waals surface area (Å²) >= 11 is 0. The van der Waals surface area contributed by atoms with Crippen LogP contribution in [0.15, 0.2) is 36.5 Å². The van der Waals surface area contributed by atoms with Gasteiger partial charge in [-0.2, -0.15) is 0 Å². The van der Waals surface area contributed by atoms with E-state index >= 15 is 0 Å². The number of halogens is 1. The van der Waals surface area contributed by atoms with Gasteiger partial charge in [0.05, 0.1) is 5.92 Å². The average molecular weight is 412 g/mol. The van der Waals surface area contributed by atoms with Crippen LogP contribution in [-0.4, -0.2) is 60.0 Å². The lowest BCUT2D eigenvalue weighted by Gasteiger charge is -2.33. The zero-order chi connectivity index (χ0) is 20.8. The Labute approximate surface area is 177 Å². The summed E-state index contributed by atoms with van der Waals surface area (Å²) in [5, 5.41) is 3.14. The van der Waals surface area contributed by atoms with Gasteiger partial charge in [0.2, 0.25) is 5.91 Å². The Bertz CT molecular complexity index is 838. The fraction of sp³-hybridized carbons (Fsp3) is 0.522. The van der Waals surface area contributed by atoms with E-state index in [0.717, 1.165) is 56.9 Å². The van der Waals surface area contributed by atoms with Gasteiger partial charge in [-0.25, -0.2) is 14.4 Å². The molecule has 3 heterocycles. The Balaban J connectivity index is 1.33. The molecule has 4 rings (SSSR count). The first kappa shape index (κ1) is 20.7. The number of nitrogens with zero attached hydrogens (tertiary/aromatic N) is 4.